The van der Waals surface area contributed by atoms with Gasteiger partial charge in [-0.2, -0.15) is 0 Å². The standard InChI is InChI=1S/C16H26BrN3O/c1-12(2)18-8-14-7-15(17)9-19-16(14)20(3)10-13-5-4-6-21-11-13/h7,9,12-13,18H,4-6,8,10-11H2,1-3H3. The third-order valence-corrected chi connectivity index (χ3v) is 4.19. The van der Waals surface area contributed by atoms with Gasteiger partial charge in [-0.15, -0.1) is 0 Å². The lowest BCUT2D eigenvalue weighted by molar-refractivity contribution is 0.0576. The highest BCUT2D eigenvalue weighted by Crippen LogP contribution is 2.23. The average Bonchev–Trinajstić information content (AvgIpc) is 2.46. The zero-order valence-electron chi connectivity index (χ0n) is 13.2. The first-order valence-corrected chi connectivity index (χ1v) is 8.52. The minimum absolute atomic E-state index is 0.467. The molecule has 0 saturated carbocycles. The largest absolute Gasteiger partial charge is 0.381 e. The Balaban J connectivity index is 2.05. The number of nitrogens with one attached hydrogen (secondary N) is 1. The Morgan fingerprint density at radius 3 is 3.00 bits per heavy atom. The number of rotatable bonds is 6. The Hall–Kier alpha value is -0.650. The van der Waals surface area contributed by atoms with Gasteiger partial charge < -0.3 is 15.0 Å². The Morgan fingerprint density at radius 2 is 2.33 bits per heavy atom. The molecule has 1 aromatic heterocycles. The van der Waals surface area contributed by atoms with E-state index in [1.54, 1.807) is 0 Å². The van der Waals surface area contributed by atoms with Gasteiger partial charge in [-0.1, -0.05) is 13.8 Å². The normalized spacial score (nSPS) is 19.0. The van der Waals surface area contributed by atoms with Crippen LogP contribution < -0.4 is 10.2 Å². The van der Waals surface area contributed by atoms with Crippen molar-refractivity contribution in [3.63, 3.8) is 0 Å². The van der Waals surface area contributed by atoms with Crippen LogP contribution in [0.5, 0.6) is 0 Å². The molecule has 21 heavy (non-hydrogen) atoms. The Kier molecular flexibility index (Phi) is 6.45. The molecule has 1 atom stereocenters. The van der Waals surface area contributed by atoms with E-state index in [9.17, 15) is 0 Å². The summed E-state index contributed by atoms with van der Waals surface area (Å²) in [7, 11) is 2.13. The summed E-state index contributed by atoms with van der Waals surface area (Å²) in [6.07, 6.45) is 4.30. The third kappa shape index (κ3) is 5.24. The van der Waals surface area contributed by atoms with Gasteiger partial charge in [0.2, 0.25) is 0 Å². The predicted molar refractivity (Wildman–Crippen MR) is 90.7 cm³/mol. The van der Waals surface area contributed by atoms with Crippen molar-refractivity contribution in [2.24, 2.45) is 5.92 Å². The summed E-state index contributed by atoms with van der Waals surface area (Å²) < 4.78 is 6.61. The van der Waals surface area contributed by atoms with Crippen molar-refractivity contribution in [1.29, 1.82) is 0 Å². The molecule has 0 radical (unpaired) electrons. The maximum absolute atomic E-state index is 5.58. The number of ether oxygens (including phenoxy) is 1. The molecule has 1 aliphatic heterocycles. The average molecular weight is 356 g/mol. The first-order valence-electron chi connectivity index (χ1n) is 7.73. The number of hydrogen-bond acceptors (Lipinski definition) is 4. The summed E-state index contributed by atoms with van der Waals surface area (Å²) in [4.78, 5) is 6.89. The van der Waals surface area contributed by atoms with Crippen molar-refractivity contribution < 1.29 is 4.74 Å². The van der Waals surface area contributed by atoms with Gasteiger partial charge in [-0.25, -0.2) is 4.98 Å². The zero-order valence-corrected chi connectivity index (χ0v) is 14.8. The van der Waals surface area contributed by atoms with Gasteiger partial charge >= 0.3 is 0 Å². The molecular weight excluding hydrogens is 330 g/mol. The topological polar surface area (TPSA) is 37.4 Å². The van der Waals surface area contributed by atoms with Crippen molar-refractivity contribution in [2.75, 3.05) is 31.7 Å². The van der Waals surface area contributed by atoms with E-state index in [4.69, 9.17) is 4.74 Å². The molecule has 1 unspecified atom stereocenters. The Morgan fingerprint density at radius 1 is 1.52 bits per heavy atom. The molecule has 1 aromatic rings. The number of pyridine rings is 1. The van der Waals surface area contributed by atoms with Crippen LogP contribution in [0.4, 0.5) is 5.82 Å². The molecule has 1 saturated heterocycles. The van der Waals surface area contributed by atoms with Crippen LogP contribution >= 0.6 is 15.9 Å². The van der Waals surface area contributed by atoms with Gasteiger partial charge in [0, 0.05) is 49.0 Å². The molecule has 1 aliphatic rings. The summed E-state index contributed by atoms with van der Waals surface area (Å²) in [5.41, 5.74) is 1.23. The van der Waals surface area contributed by atoms with Gasteiger partial charge in [0.25, 0.3) is 0 Å². The van der Waals surface area contributed by atoms with E-state index < -0.39 is 0 Å². The molecule has 118 valence electrons. The van der Waals surface area contributed by atoms with Gasteiger partial charge in [-0.3, -0.25) is 0 Å². The SMILES string of the molecule is CC(C)NCc1cc(Br)cnc1N(C)CC1CCCOC1. The maximum atomic E-state index is 5.58. The van der Waals surface area contributed by atoms with Crippen LogP contribution in [0.25, 0.3) is 0 Å². The van der Waals surface area contributed by atoms with Crippen molar-refractivity contribution in [3.8, 4) is 0 Å². The molecule has 0 aliphatic carbocycles. The van der Waals surface area contributed by atoms with Crippen molar-refractivity contribution in [1.82, 2.24) is 10.3 Å². The molecule has 5 heteroatoms. The Bertz CT molecular complexity index is 447. The van der Waals surface area contributed by atoms with E-state index in [-0.39, 0.29) is 0 Å². The molecule has 1 fully saturated rings. The lowest BCUT2D eigenvalue weighted by Gasteiger charge is -2.29. The molecule has 2 rings (SSSR count). The third-order valence-electron chi connectivity index (χ3n) is 3.76. The van der Waals surface area contributed by atoms with Crippen LogP contribution in [-0.4, -0.2) is 37.8 Å². The second-order valence-corrected chi connectivity index (χ2v) is 7.05. The fourth-order valence-electron chi connectivity index (χ4n) is 2.69. The smallest absolute Gasteiger partial charge is 0.132 e. The summed E-state index contributed by atoms with van der Waals surface area (Å²) in [6, 6.07) is 2.62. The Labute approximate surface area is 136 Å². The number of nitrogens with zero attached hydrogens (tertiary/aromatic N) is 2. The van der Waals surface area contributed by atoms with Crippen molar-refractivity contribution >= 4 is 21.7 Å². The number of hydrogen-bond donors (Lipinski definition) is 1. The quantitative estimate of drug-likeness (QED) is 0.849. The highest BCUT2D eigenvalue weighted by molar-refractivity contribution is 9.10. The van der Waals surface area contributed by atoms with E-state index in [1.165, 1.54) is 18.4 Å². The van der Waals surface area contributed by atoms with Crippen LogP contribution in [0.2, 0.25) is 0 Å². The maximum Gasteiger partial charge on any atom is 0.132 e. The van der Waals surface area contributed by atoms with E-state index in [0.29, 0.717) is 12.0 Å². The van der Waals surface area contributed by atoms with E-state index in [2.05, 4.69) is 58.1 Å². The molecule has 2 heterocycles. The molecule has 1 N–H and O–H groups in total. The first-order chi connectivity index (χ1) is 10.1. The van der Waals surface area contributed by atoms with Crippen LogP contribution in [0.1, 0.15) is 32.3 Å². The van der Waals surface area contributed by atoms with E-state index in [0.717, 1.165) is 36.6 Å². The number of halogens is 1. The lowest BCUT2D eigenvalue weighted by Crippen LogP contribution is -2.32. The first kappa shape index (κ1) is 16.7. The fourth-order valence-corrected chi connectivity index (χ4v) is 3.07. The summed E-state index contributed by atoms with van der Waals surface area (Å²) >= 11 is 3.52. The van der Waals surface area contributed by atoms with E-state index >= 15 is 0 Å². The minimum Gasteiger partial charge on any atom is -0.381 e. The van der Waals surface area contributed by atoms with Gasteiger partial charge in [0.05, 0.1) is 6.61 Å². The predicted octanol–water partition coefficient (Wildman–Crippen LogP) is 3.20. The van der Waals surface area contributed by atoms with Crippen LogP contribution in [0.3, 0.4) is 0 Å². The lowest BCUT2D eigenvalue weighted by atomic mass is 10.0. The number of aromatic nitrogens is 1. The minimum atomic E-state index is 0.467. The molecule has 0 amide bonds. The monoisotopic (exact) mass is 355 g/mol. The fraction of sp³-hybridized carbons (Fsp3) is 0.688. The highest BCUT2D eigenvalue weighted by Gasteiger charge is 2.18. The van der Waals surface area contributed by atoms with Crippen LogP contribution in [0.15, 0.2) is 16.7 Å². The van der Waals surface area contributed by atoms with Crippen molar-refractivity contribution in [3.05, 3.63) is 22.3 Å². The number of anilines is 1. The second-order valence-electron chi connectivity index (χ2n) is 6.14. The second kappa shape index (κ2) is 8.11. The molecular formula is C16H26BrN3O. The van der Waals surface area contributed by atoms with Crippen LogP contribution in [-0.2, 0) is 11.3 Å². The zero-order chi connectivity index (χ0) is 15.2. The van der Waals surface area contributed by atoms with Crippen LogP contribution in [0, 0.1) is 5.92 Å². The van der Waals surface area contributed by atoms with Gasteiger partial charge in [0.15, 0.2) is 0 Å². The van der Waals surface area contributed by atoms with Crippen molar-refractivity contribution in [2.45, 2.75) is 39.3 Å². The molecule has 0 bridgehead atoms. The molecule has 0 aromatic carbocycles. The highest BCUT2D eigenvalue weighted by atomic mass is 79.9. The summed E-state index contributed by atoms with van der Waals surface area (Å²) in [5.74, 6) is 1.68. The van der Waals surface area contributed by atoms with Gasteiger partial charge in [0.1, 0.15) is 5.82 Å². The molecule has 4 nitrogen and oxygen atoms in total. The van der Waals surface area contributed by atoms with E-state index in [1.807, 2.05) is 6.20 Å². The van der Waals surface area contributed by atoms with Gasteiger partial charge in [-0.05, 0) is 40.8 Å². The molecule has 0 spiro atoms. The summed E-state index contributed by atoms with van der Waals surface area (Å²) in [5, 5.41) is 3.48. The summed E-state index contributed by atoms with van der Waals surface area (Å²) in [6.45, 7) is 7.96.